The number of aryl methyl sites for hydroxylation is 1. The molecule has 0 atom stereocenters. The molecule has 0 saturated carbocycles. The number of carboxylic acid groups (broad SMARTS) is 1. The Hall–Kier alpha value is -2.44. The van der Waals surface area contributed by atoms with Gasteiger partial charge in [0, 0.05) is 25.6 Å². The first-order valence-corrected chi connectivity index (χ1v) is 4.93. The topological polar surface area (TPSA) is 92.9 Å². The Morgan fingerprint density at radius 2 is 2.24 bits per heavy atom. The average Bonchev–Trinajstić information content (AvgIpc) is 2.73. The number of nitrogens with one attached hydrogen (secondary N) is 1. The minimum atomic E-state index is -1.11. The molecule has 0 aliphatic carbocycles. The number of carboxylic acids is 1. The van der Waals surface area contributed by atoms with Crippen LogP contribution in [0.3, 0.4) is 0 Å². The molecular weight excluding hydrogens is 222 g/mol. The lowest BCUT2D eigenvalue weighted by Gasteiger charge is -2.05. The quantitative estimate of drug-likeness (QED) is 0.799. The Kier molecular flexibility index (Phi) is 2.99. The van der Waals surface area contributed by atoms with Gasteiger partial charge in [0.15, 0.2) is 11.5 Å². The summed E-state index contributed by atoms with van der Waals surface area (Å²) in [5.74, 6) is -0.868. The van der Waals surface area contributed by atoms with E-state index in [1.807, 2.05) is 19.3 Å². The second-order valence-electron chi connectivity index (χ2n) is 3.39. The van der Waals surface area contributed by atoms with Crippen molar-refractivity contribution in [3.8, 4) is 0 Å². The molecule has 0 spiro atoms. The van der Waals surface area contributed by atoms with Crippen molar-refractivity contribution in [2.45, 2.75) is 6.54 Å². The number of hydrogen-bond donors (Lipinski definition) is 2. The molecule has 0 saturated heterocycles. The second kappa shape index (κ2) is 4.60. The SMILES string of the molecule is Cn1ccc(CNc2nccnc2C(=O)O)n1. The average molecular weight is 233 g/mol. The first-order chi connectivity index (χ1) is 8.16. The molecule has 0 fully saturated rings. The Bertz CT molecular complexity index is 537. The van der Waals surface area contributed by atoms with Crippen LogP contribution in [0, 0.1) is 0 Å². The third-order valence-electron chi connectivity index (χ3n) is 2.11. The van der Waals surface area contributed by atoms with Crippen molar-refractivity contribution >= 4 is 11.8 Å². The van der Waals surface area contributed by atoms with E-state index in [4.69, 9.17) is 5.11 Å². The van der Waals surface area contributed by atoms with Crippen LogP contribution in [0.25, 0.3) is 0 Å². The van der Waals surface area contributed by atoms with Gasteiger partial charge in [-0.15, -0.1) is 0 Å². The van der Waals surface area contributed by atoms with Gasteiger partial charge in [0.1, 0.15) is 0 Å². The molecule has 7 nitrogen and oxygen atoms in total. The van der Waals surface area contributed by atoms with Crippen LogP contribution in [0.15, 0.2) is 24.7 Å². The van der Waals surface area contributed by atoms with Gasteiger partial charge in [0.05, 0.1) is 12.2 Å². The first kappa shape index (κ1) is 11.1. The Labute approximate surface area is 97.1 Å². The van der Waals surface area contributed by atoms with E-state index < -0.39 is 5.97 Å². The van der Waals surface area contributed by atoms with Gasteiger partial charge >= 0.3 is 5.97 Å². The number of aromatic carboxylic acids is 1. The van der Waals surface area contributed by atoms with Gasteiger partial charge in [-0.2, -0.15) is 5.10 Å². The lowest BCUT2D eigenvalue weighted by molar-refractivity contribution is 0.0691. The van der Waals surface area contributed by atoms with Crippen LogP contribution in [0.4, 0.5) is 5.82 Å². The van der Waals surface area contributed by atoms with Crippen molar-refractivity contribution in [1.82, 2.24) is 19.7 Å². The molecule has 0 aliphatic rings. The zero-order chi connectivity index (χ0) is 12.3. The van der Waals surface area contributed by atoms with Gasteiger partial charge in [-0.05, 0) is 6.07 Å². The molecule has 0 aromatic carbocycles. The molecule has 0 amide bonds. The normalized spacial score (nSPS) is 10.2. The van der Waals surface area contributed by atoms with Crippen molar-refractivity contribution in [3.05, 3.63) is 36.0 Å². The lowest BCUT2D eigenvalue weighted by Crippen LogP contribution is -2.10. The number of carbonyl (C=O) groups is 1. The summed E-state index contributed by atoms with van der Waals surface area (Å²) in [6, 6.07) is 1.84. The van der Waals surface area contributed by atoms with E-state index in [0.29, 0.717) is 6.54 Å². The lowest BCUT2D eigenvalue weighted by atomic mass is 10.3. The fraction of sp³-hybridized carbons (Fsp3) is 0.200. The summed E-state index contributed by atoms with van der Waals surface area (Å²) in [5.41, 5.74) is 0.706. The molecule has 0 unspecified atom stereocenters. The minimum absolute atomic E-state index is 0.0940. The third kappa shape index (κ3) is 2.57. The van der Waals surface area contributed by atoms with Crippen LogP contribution in [-0.4, -0.2) is 30.8 Å². The summed E-state index contributed by atoms with van der Waals surface area (Å²) in [4.78, 5) is 18.6. The molecule has 2 rings (SSSR count). The molecule has 0 radical (unpaired) electrons. The van der Waals surface area contributed by atoms with Crippen molar-refractivity contribution in [1.29, 1.82) is 0 Å². The molecule has 2 heterocycles. The van der Waals surface area contributed by atoms with Crippen LogP contribution in [0.1, 0.15) is 16.2 Å². The van der Waals surface area contributed by atoms with E-state index in [1.165, 1.54) is 12.4 Å². The smallest absolute Gasteiger partial charge is 0.358 e. The van der Waals surface area contributed by atoms with E-state index >= 15 is 0 Å². The monoisotopic (exact) mass is 233 g/mol. The van der Waals surface area contributed by atoms with Crippen molar-refractivity contribution in [2.75, 3.05) is 5.32 Å². The molecule has 0 aliphatic heterocycles. The number of anilines is 1. The van der Waals surface area contributed by atoms with Gasteiger partial charge in [0.25, 0.3) is 0 Å². The van der Waals surface area contributed by atoms with Crippen molar-refractivity contribution in [3.63, 3.8) is 0 Å². The van der Waals surface area contributed by atoms with E-state index in [2.05, 4.69) is 20.4 Å². The molecule has 2 aromatic rings. The predicted octanol–water partition coefficient (Wildman–Crippen LogP) is 0.520. The van der Waals surface area contributed by atoms with Gasteiger partial charge < -0.3 is 10.4 Å². The van der Waals surface area contributed by atoms with Crippen molar-refractivity contribution in [2.24, 2.45) is 7.05 Å². The number of aromatic nitrogens is 4. The standard InChI is InChI=1S/C10H11N5O2/c1-15-5-2-7(14-15)6-13-9-8(10(16)17)11-3-4-12-9/h2-5H,6H2,1H3,(H,12,13)(H,16,17). The Morgan fingerprint density at radius 3 is 2.88 bits per heavy atom. The predicted molar refractivity (Wildman–Crippen MR) is 59.5 cm³/mol. The number of nitrogens with zero attached hydrogens (tertiary/aromatic N) is 4. The second-order valence-corrected chi connectivity index (χ2v) is 3.39. The van der Waals surface area contributed by atoms with Gasteiger partial charge in [-0.1, -0.05) is 0 Å². The van der Waals surface area contributed by atoms with Crippen LogP contribution < -0.4 is 5.32 Å². The molecule has 2 N–H and O–H groups in total. The highest BCUT2D eigenvalue weighted by atomic mass is 16.4. The zero-order valence-corrected chi connectivity index (χ0v) is 9.16. The maximum Gasteiger partial charge on any atom is 0.358 e. The van der Waals surface area contributed by atoms with Crippen LogP contribution in [0.5, 0.6) is 0 Å². The summed E-state index contributed by atoms with van der Waals surface area (Å²) in [6.07, 6.45) is 4.59. The molecule has 7 heteroatoms. The van der Waals surface area contributed by atoms with E-state index in [9.17, 15) is 4.79 Å². The highest BCUT2D eigenvalue weighted by Gasteiger charge is 2.12. The Balaban J connectivity index is 2.11. The summed E-state index contributed by atoms with van der Waals surface area (Å²) < 4.78 is 1.67. The van der Waals surface area contributed by atoms with E-state index in [-0.39, 0.29) is 11.5 Å². The molecule has 17 heavy (non-hydrogen) atoms. The largest absolute Gasteiger partial charge is 0.476 e. The summed E-state index contributed by atoms with van der Waals surface area (Å²) in [5, 5.41) is 16.0. The fourth-order valence-electron chi connectivity index (χ4n) is 1.36. The number of rotatable bonds is 4. The van der Waals surface area contributed by atoms with Crippen molar-refractivity contribution < 1.29 is 9.90 Å². The maximum absolute atomic E-state index is 10.9. The first-order valence-electron chi connectivity index (χ1n) is 4.93. The van der Waals surface area contributed by atoms with Crippen LogP contribution in [-0.2, 0) is 13.6 Å². The molecular formula is C10H11N5O2. The van der Waals surface area contributed by atoms with Gasteiger partial charge in [0.2, 0.25) is 0 Å². The van der Waals surface area contributed by atoms with E-state index in [1.54, 1.807) is 4.68 Å². The fourth-order valence-corrected chi connectivity index (χ4v) is 1.36. The summed E-state index contributed by atoms with van der Waals surface area (Å²) in [7, 11) is 1.81. The third-order valence-corrected chi connectivity index (χ3v) is 2.11. The number of hydrogen-bond acceptors (Lipinski definition) is 5. The molecule has 0 bridgehead atoms. The highest BCUT2D eigenvalue weighted by molar-refractivity contribution is 5.90. The summed E-state index contributed by atoms with van der Waals surface area (Å²) >= 11 is 0. The van der Waals surface area contributed by atoms with Crippen LogP contribution in [0.2, 0.25) is 0 Å². The molecule has 88 valence electrons. The van der Waals surface area contributed by atoms with Gasteiger partial charge in [-0.25, -0.2) is 14.8 Å². The zero-order valence-electron chi connectivity index (χ0n) is 9.16. The van der Waals surface area contributed by atoms with E-state index in [0.717, 1.165) is 5.69 Å². The maximum atomic E-state index is 10.9. The summed E-state index contributed by atoms with van der Waals surface area (Å²) in [6.45, 7) is 0.403. The minimum Gasteiger partial charge on any atom is -0.476 e. The molecule has 2 aromatic heterocycles. The highest BCUT2D eigenvalue weighted by Crippen LogP contribution is 2.09. The van der Waals surface area contributed by atoms with Crippen LogP contribution >= 0.6 is 0 Å². The Morgan fingerprint density at radius 1 is 1.47 bits per heavy atom. The van der Waals surface area contributed by atoms with Gasteiger partial charge in [-0.3, -0.25) is 4.68 Å².